The van der Waals surface area contributed by atoms with E-state index in [4.69, 9.17) is 0 Å². The van der Waals surface area contributed by atoms with Crippen LogP contribution in [0.4, 0.5) is 5.82 Å². The Bertz CT molecular complexity index is 1330. The number of benzene rings is 1. The van der Waals surface area contributed by atoms with Crippen molar-refractivity contribution in [2.75, 3.05) is 32.1 Å². The number of nitrogens with zero attached hydrogens (tertiary/aromatic N) is 7. The van der Waals surface area contributed by atoms with E-state index in [9.17, 15) is 4.79 Å². The lowest BCUT2D eigenvalue weighted by molar-refractivity contribution is 0.0991. The van der Waals surface area contributed by atoms with E-state index in [-0.39, 0.29) is 12.2 Å². The lowest BCUT2D eigenvalue weighted by Gasteiger charge is -2.35. The number of rotatable bonds is 6. The molecule has 0 spiro atoms. The first-order valence-corrected chi connectivity index (χ1v) is 12.2. The molecule has 1 aliphatic rings. The van der Waals surface area contributed by atoms with Crippen molar-refractivity contribution in [3.8, 4) is 10.6 Å². The summed E-state index contributed by atoms with van der Waals surface area (Å²) >= 11 is 1.54. The number of fused-ring (bicyclic) bond motifs is 1. The molecule has 0 atom stereocenters. The molecule has 4 heterocycles. The summed E-state index contributed by atoms with van der Waals surface area (Å²) in [4.78, 5) is 31.3. The number of likely N-dealkylation sites (tertiary alicyclic amines) is 1. The van der Waals surface area contributed by atoms with Gasteiger partial charge in [-0.1, -0.05) is 23.5 Å². The SMILES string of the molecule is Cc1nnc(-c2ccc3cnc(CC(=O)c4ccnc(N(C)C5CCN(C)CC5)c4)nc3c2)s1. The zero-order chi connectivity index (χ0) is 23.7. The summed E-state index contributed by atoms with van der Waals surface area (Å²) in [6.07, 6.45) is 5.81. The number of pyridine rings is 1. The topological polar surface area (TPSA) is 88.0 Å². The van der Waals surface area contributed by atoms with Crippen LogP contribution in [0.25, 0.3) is 21.5 Å². The smallest absolute Gasteiger partial charge is 0.170 e. The Labute approximate surface area is 202 Å². The minimum absolute atomic E-state index is 0.0179. The lowest BCUT2D eigenvalue weighted by atomic mass is 10.0. The molecule has 1 aromatic carbocycles. The third-order valence-corrected chi connectivity index (χ3v) is 7.28. The lowest BCUT2D eigenvalue weighted by Crippen LogP contribution is -2.42. The van der Waals surface area contributed by atoms with Crippen LogP contribution in [0.1, 0.15) is 34.0 Å². The Morgan fingerprint density at radius 1 is 1.15 bits per heavy atom. The van der Waals surface area contributed by atoms with E-state index in [1.165, 1.54) is 0 Å². The summed E-state index contributed by atoms with van der Waals surface area (Å²) in [6, 6.07) is 10.0. The van der Waals surface area contributed by atoms with Crippen molar-refractivity contribution in [1.82, 2.24) is 30.0 Å². The van der Waals surface area contributed by atoms with Crippen molar-refractivity contribution < 1.29 is 4.79 Å². The van der Waals surface area contributed by atoms with Crippen molar-refractivity contribution in [2.24, 2.45) is 0 Å². The molecule has 9 heteroatoms. The highest BCUT2D eigenvalue weighted by atomic mass is 32.1. The second-order valence-electron chi connectivity index (χ2n) is 8.83. The minimum Gasteiger partial charge on any atom is -0.357 e. The van der Waals surface area contributed by atoms with Crippen LogP contribution in [-0.4, -0.2) is 69.1 Å². The molecule has 3 aromatic heterocycles. The van der Waals surface area contributed by atoms with Gasteiger partial charge in [0.2, 0.25) is 0 Å². The summed E-state index contributed by atoms with van der Waals surface area (Å²) in [5.41, 5.74) is 2.39. The van der Waals surface area contributed by atoms with Gasteiger partial charge in [0.25, 0.3) is 0 Å². The van der Waals surface area contributed by atoms with Crippen LogP contribution in [0, 0.1) is 6.92 Å². The molecular weight excluding hydrogens is 446 g/mol. The number of aryl methyl sites for hydroxylation is 1. The summed E-state index contributed by atoms with van der Waals surface area (Å²) in [6.45, 7) is 4.09. The van der Waals surface area contributed by atoms with Crippen LogP contribution in [0.5, 0.6) is 0 Å². The molecule has 1 fully saturated rings. The van der Waals surface area contributed by atoms with Crippen LogP contribution < -0.4 is 4.90 Å². The molecular formula is C25H27N7OS. The third-order valence-electron chi connectivity index (χ3n) is 6.39. The fourth-order valence-corrected chi connectivity index (χ4v) is 4.98. The van der Waals surface area contributed by atoms with Crippen LogP contribution in [0.3, 0.4) is 0 Å². The number of carbonyl (C=O) groups is 1. The molecule has 8 nitrogen and oxygen atoms in total. The van der Waals surface area contributed by atoms with Gasteiger partial charge in [0.05, 0.1) is 11.9 Å². The highest BCUT2D eigenvalue weighted by Gasteiger charge is 2.22. The van der Waals surface area contributed by atoms with Gasteiger partial charge in [-0.2, -0.15) is 0 Å². The fourth-order valence-electron chi connectivity index (χ4n) is 4.29. The Kier molecular flexibility index (Phi) is 6.30. The summed E-state index contributed by atoms with van der Waals surface area (Å²) < 4.78 is 0. The van der Waals surface area contributed by atoms with Crippen LogP contribution in [0.15, 0.2) is 42.7 Å². The zero-order valence-electron chi connectivity index (χ0n) is 19.6. The van der Waals surface area contributed by atoms with Crippen molar-refractivity contribution >= 4 is 33.8 Å². The number of ketones is 1. The number of Topliss-reactive ketones (excluding diaryl/α,β-unsaturated/α-hetero) is 1. The van der Waals surface area contributed by atoms with E-state index in [0.717, 1.165) is 58.2 Å². The number of aromatic nitrogens is 5. The van der Waals surface area contributed by atoms with Gasteiger partial charge in [0.1, 0.15) is 21.7 Å². The number of hydrogen-bond acceptors (Lipinski definition) is 9. The first-order valence-electron chi connectivity index (χ1n) is 11.4. The fraction of sp³-hybridized carbons (Fsp3) is 0.360. The van der Waals surface area contributed by atoms with E-state index in [1.54, 1.807) is 29.8 Å². The monoisotopic (exact) mass is 473 g/mol. The van der Waals surface area contributed by atoms with Crippen LogP contribution in [-0.2, 0) is 6.42 Å². The zero-order valence-corrected chi connectivity index (χ0v) is 20.4. The summed E-state index contributed by atoms with van der Waals surface area (Å²) in [7, 11) is 4.22. The van der Waals surface area contributed by atoms with Gasteiger partial charge < -0.3 is 9.80 Å². The van der Waals surface area contributed by atoms with Gasteiger partial charge in [-0.05, 0) is 58.1 Å². The van der Waals surface area contributed by atoms with E-state index >= 15 is 0 Å². The molecule has 1 aliphatic heterocycles. The van der Waals surface area contributed by atoms with E-state index in [1.807, 2.05) is 31.2 Å². The molecule has 0 amide bonds. The van der Waals surface area contributed by atoms with Crippen molar-refractivity contribution in [2.45, 2.75) is 32.2 Å². The van der Waals surface area contributed by atoms with E-state index < -0.39 is 0 Å². The molecule has 0 aliphatic carbocycles. The number of hydrogen-bond donors (Lipinski definition) is 0. The normalized spacial score (nSPS) is 15.0. The Balaban J connectivity index is 1.33. The maximum Gasteiger partial charge on any atom is 0.170 e. The Morgan fingerprint density at radius 2 is 1.97 bits per heavy atom. The molecule has 4 aromatic rings. The first-order chi connectivity index (χ1) is 16.5. The van der Waals surface area contributed by atoms with Gasteiger partial charge in [-0.25, -0.2) is 15.0 Å². The quantitative estimate of drug-likeness (QED) is 0.391. The third kappa shape index (κ3) is 4.80. The minimum atomic E-state index is -0.0179. The number of piperidine rings is 1. The highest BCUT2D eigenvalue weighted by molar-refractivity contribution is 7.14. The van der Waals surface area contributed by atoms with Gasteiger partial charge >= 0.3 is 0 Å². The molecule has 0 bridgehead atoms. The molecule has 5 rings (SSSR count). The second-order valence-corrected chi connectivity index (χ2v) is 10.0. The van der Waals surface area contributed by atoms with Crippen molar-refractivity contribution in [3.05, 3.63) is 59.1 Å². The van der Waals surface area contributed by atoms with Crippen molar-refractivity contribution in [1.29, 1.82) is 0 Å². The maximum atomic E-state index is 13.1. The molecule has 0 saturated carbocycles. The number of anilines is 1. The Morgan fingerprint density at radius 3 is 2.74 bits per heavy atom. The summed E-state index contributed by atoms with van der Waals surface area (Å²) in [5.74, 6) is 1.32. The van der Waals surface area contributed by atoms with Crippen LogP contribution >= 0.6 is 11.3 Å². The van der Waals surface area contributed by atoms with Gasteiger partial charge in [0.15, 0.2) is 5.78 Å². The first kappa shape index (κ1) is 22.5. The average Bonchev–Trinajstić information content (AvgIpc) is 3.30. The predicted octanol–water partition coefficient (Wildman–Crippen LogP) is 3.81. The molecule has 0 N–H and O–H groups in total. The molecule has 0 unspecified atom stereocenters. The van der Waals surface area contributed by atoms with Gasteiger partial charge in [-0.15, -0.1) is 10.2 Å². The van der Waals surface area contributed by atoms with Gasteiger partial charge in [0, 0.05) is 42.0 Å². The van der Waals surface area contributed by atoms with Gasteiger partial charge in [-0.3, -0.25) is 4.79 Å². The molecule has 174 valence electrons. The largest absolute Gasteiger partial charge is 0.357 e. The second kappa shape index (κ2) is 9.52. The molecule has 1 saturated heterocycles. The summed E-state index contributed by atoms with van der Waals surface area (Å²) in [5, 5.41) is 11.0. The van der Waals surface area contributed by atoms with Crippen LogP contribution in [0.2, 0.25) is 0 Å². The van der Waals surface area contributed by atoms with E-state index in [2.05, 4.69) is 49.0 Å². The maximum absolute atomic E-state index is 13.1. The average molecular weight is 474 g/mol. The van der Waals surface area contributed by atoms with Crippen molar-refractivity contribution in [3.63, 3.8) is 0 Å². The Hall–Kier alpha value is -3.30. The highest BCUT2D eigenvalue weighted by Crippen LogP contribution is 2.26. The standard InChI is InChI=1S/C25H27N7OS/c1-16-29-30-25(34-16)18-4-5-19-15-27-23(28-21(19)12-18)14-22(33)17-6-9-26-24(13-17)32(3)20-7-10-31(2)11-8-20/h4-6,9,12-13,15,20H,7-8,10-11,14H2,1-3H3. The molecule has 34 heavy (non-hydrogen) atoms. The predicted molar refractivity (Wildman–Crippen MR) is 134 cm³/mol. The number of carbonyl (C=O) groups excluding carboxylic acids is 1. The van der Waals surface area contributed by atoms with E-state index in [0.29, 0.717) is 17.4 Å². The molecule has 0 radical (unpaired) electrons.